The number of hydrogen-bond acceptors (Lipinski definition) is 2. The summed E-state index contributed by atoms with van der Waals surface area (Å²) in [6.45, 7) is 4.11. The lowest BCUT2D eigenvalue weighted by Gasteiger charge is -2.42. The maximum absolute atomic E-state index is 13.3. The molecule has 2 aromatic rings. The summed E-state index contributed by atoms with van der Waals surface area (Å²) in [6.07, 6.45) is 5.27. The second-order valence-electron chi connectivity index (χ2n) is 8.68. The van der Waals surface area contributed by atoms with E-state index in [4.69, 9.17) is 23.2 Å². The molecule has 5 heteroatoms. The van der Waals surface area contributed by atoms with Crippen molar-refractivity contribution < 1.29 is 9.59 Å². The third kappa shape index (κ3) is 3.97. The molecule has 0 N–H and O–H groups in total. The minimum Gasteiger partial charge on any atom is -0.294 e. The standard InChI is InChI=1S/C25H23Cl2NO2/c1-25(2)14-20-23(21(29)15-25)17(12-11-16-7-4-3-5-8-16)13-22(30)28(20)19-10-6-9-18(26)24(19)27/h3-12,17H,13-15H2,1-2H3/b12-11+. The van der Waals surface area contributed by atoms with Crippen molar-refractivity contribution in [1.82, 2.24) is 0 Å². The number of nitrogens with zero attached hydrogens (tertiary/aromatic N) is 1. The van der Waals surface area contributed by atoms with Crippen LogP contribution in [0.2, 0.25) is 10.0 Å². The lowest BCUT2D eigenvalue weighted by atomic mass is 9.70. The number of halogens is 2. The Morgan fingerprint density at radius 3 is 2.47 bits per heavy atom. The number of allylic oxidation sites excluding steroid dienone is 3. The van der Waals surface area contributed by atoms with E-state index in [1.165, 1.54) is 0 Å². The Balaban J connectivity index is 1.83. The predicted octanol–water partition coefficient (Wildman–Crippen LogP) is 6.70. The van der Waals surface area contributed by atoms with Crippen LogP contribution in [0.4, 0.5) is 5.69 Å². The van der Waals surface area contributed by atoms with Crippen molar-refractivity contribution in [2.24, 2.45) is 11.3 Å². The Morgan fingerprint density at radius 1 is 1.00 bits per heavy atom. The number of Topliss-reactive ketones (excluding diaryl/α,β-unsaturated/α-hetero) is 1. The van der Waals surface area contributed by atoms with Crippen LogP contribution in [0.5, 0.6) is 0 Å². The Morgan fingerprint density at radius 2 is 1.73 bits per heavy atom. The van der Waals surface area contributed by atoms with E-state index in [0.29, 0.717) is 28.6 Å². The SMILES string of the molecule is CC1(C)CC(=O)C2=C(C1)N(c1cccc(Cl)c1Cl)C(=O)CC2/C=C/c1ccccc1. The molecule has 30 heavy (non-hydrogen) atoms. The quantitative estimate of drug-likeness (QED) is 0.533. The molecule has 2 aliphatic rings. The fourth-order valence-corrected chi connectivity index (χ4v) is 4.73. The zero-order valence-corrected chi connectivity index (χ0v) is 18.5. The van der Waals surface area contributed by atoms with Gasteiger partial charge in [-0.2, -0.15) is 0 Å². The molecule has 0 spiro atoms. The van der Waals surface area contributed by atoms with Gasteiger partial charge in [0.05, 0.1) is 15.7 Å². The second-order valence-corrected chi connectivity index (χ2v) is 9.47. The number of ketones is 1. The molecule has 1 heterocycles. The Bertz CT molecular complexity index is 1070. The van der Waals surface area contributed by atoms with E-state index in [1.807, 2.05) is 42.5 Å². The van der Waals surface area contributed by atoms with Crippen molar-refractivity contribution in [3.63, 3.8) is 0 Å². The number of rotatable bonds is 3. The van der Waals surface area contributed by atoms with Crippen LogP contribution in [0, 0.1) is 11.3 Å². The zero-order valence-electron chi connectivity index (χ0n) is 17.0. The molecule has 4 rings (SSSR count). The summed E-state index contributed by atoms with van der Waals surface area (Å²) in [5.41, 5.74) is 2.81. The van der Waals surface area contributed by atoms with Gasteiger partial charge in [0.1, 0.15) is 0 Å². The first kappa shape index (κ1) is 20.9. The Labute approximate surface area is 187 Å². The van der Waals surface area contributed by atoms with Crippen LogP contribution < -0.4 is 4.90 Å². The number of anilines is 1. The van der Waals surface area contributed by atoms with Crippen LogP contribution in [0.3, 0.4) is 0 Å². The first-order chi connectivity index (χ1) is 14.3. The average molecular weight is 440 g/mol. The van der Waals surface area contributed by atoms with Gasteiger partial charge in [-0.05, 0) is 29.5 Å². The third-order valence-electron chi connectivity index (χ3n) is 5.67. The minimum atomic E-state index is -0.245. The maximum Gasteiger partial charge on any atom is 0.232 e. The fourth-order valence-electron chi connectivity index (χ4n) is 4.35. The summed E-state index contributed by atoms with van der Waals surface area (Å²) in [5, 5.41) is 0.713. The van der Waals surface area contributed by atoms with Crippen molar-refractivity contribution in [3.8, 4) is 0 Å². The van der Waals surface area contributed by atoms with Gasteiger partial charge in [-0.25, -0.2) is 0 Å². The van der Waals surface area contributed by atoms with Gasteiger partial charge in [-0.15, -0.1) is 0 Å². The molecule has 0 fully saturated rings. The highest BCUT2D eigenvalue weighted by atomic mass is 35.5. The lowest BCUT2D eigenvalue weighted by Crippen LogP contribution is -2.44. The van der Waals surface area contributed by atoms with E-state index in [1.54, 1.807) is 23.1 Å². The van der Waals surface area contributed by atoms with E-state index in [9.17, 15) is 9.59 Å². The van der Waals surface area contributed by atoms with Crippen LogP contribution in [-0.4, -0.2) is 11.7 Å². The first-order valence-corrected chi connectivity index (χ1v) is 10.8. The molecule has 1 unspecified atom stereocenters. The van der Waals surface area contributed by atoms with Crippen LogP contribution in [0.1, 0.15) is 38.7 Å². The van der Waals surface area contributed by atoms with E-state index < -0.39 is 0 Å². The van der Waals surface area contributed by atoms with Crippen molar-refractivity contribution in [2.45, 2.75) is 33.1 Å². The highest BCUT2D eigenvalue weighted by Gasteiger charge is 2.43. The van der Waals surface area contributed by atoms with Gasteiger partial charge in [-0.3, -0.25) is 14.5 Å². The van der Waals surface area contributed by atoms with Crippen molar-refractivity contribution in [2.75, 3.05) is 4.90 Å². The summed E-state index contributed by atoms with van der Waals surface area (Å²) in [6, 6.07) is 15.1. The molecule has 0 aromatic heterocycles. The van der Waals surface area contributed by atoms with Gasteiger partial charge in [-0.1, -0.05) is 85.6 Å². The summed E-state index contributed by atoms with van der Waals surface area (Å²) in [7, 11) is 0. The monoisotopic (exact) mass is 439 g/mol. The molecular formula is C25H23Cl2NO2. The van der Waals surface area contributed by atoms with Crippen LogP contribution >= 0.6 is 23.2 Å². The van der Waals surface area contributed by atoms with Crippen molar-refractivity contribution >= 4 is 46.7 Å². The third-order valence-corrected chi connectivity index (χ3v) is 6.48. The number of benzene rings is 2. The molecule has 3 nitrogen and oxygen atoms in total. The predicted molar refractivity (Wildman–Crippen MR) is 123 cm³/mol. The maximum atomic E-state index is 13.3. The molecule has 1 atom stereocenters. The lowest BCUT2D eigenvalue weighted by molar-refractivity contribution is -0.121. The summed E-state index contributed by atoms with van der Waals surface area (Å²) >= 11 is 12.7. The summed E-state index contributed by atoms with van der Waals surface area (Å²) in [5.74, 6) is -0.226. The molecule has 0 saturated carbocycles. The molecule has 0 bridgehead atoms. The highest BCUT2D eigenvalue weighted by molar-refractivity contribution is 6.44. The Kier molecular flexibility index (Phi) is 5.61. The van der Waals surface area contributed by atoms with Crippen LogP contribution in [0.15, 0.2) is 65.9 Å². The second kappa shape index (κ2) is 8.05. The average Bonchev–Trinajstić information content (AvgIpc) is 2.68. The van der Waals surface area contributed by atoms with Gasteiger partial charge in [0.15, 0.2) is 5.78 Å². The number of amides is 1. The van der Waals surface area contributed by atoms with E-state index >= 15 is 0 Å². The van der Waals surface area contributed by atoms with Gasteiger partial charge in [0, 0.05) is 30.0 Å². The molecule has 154 valence electrons. The molecule has 1 aliphatic carbocycles. The molecule has 0 radical (unpaired) electrons. The summed E-state index contributed by atoms with van der Waals surface area (Å²) in [4.78, 5) is 28.1. The fraction of sp³-hybridized carbons (Fsp3) is 0.280. The largest absolute Gasteiger partial charge is 0.294 e. The van der Waals surface area contributed by atoms with Crippen LogP contribution in [-0.2, 0) is 9.59 Å². The first-order valence-electron chi connectivity index (χ1n) is 10.0. The van der Waals surface area contributed by atoms with E-state index in [-0.39, 0.29) is 29.4 Å². The molecule has 1 aliphatic heterocycles. The minimum absolute atomic E-state index is 0.0777. The van der Waals surface area contributed by atoms with Gasteiger partial charge >= 0.3 is 0 Å². The topological polar surface area (TPSA) is 37.4 Å². The van der Waals surface area contributed by atoms with Crippen LogP contribution in [0.25, 0.3) is 6.08 Å². The van der Waals surface area contributed by atoms with Crippen molar-refractivity contribution in [1.29, 1.82) is 0 Å². The van der Waals surface area contributed by atoms with Gasteiger partial charge < -0.3 is 0 Å². The Hall–Kier alpha value is -2.36. The number of carbonyl (C=O) groups is 2. The highest BCUT2D eigenvalue weighted by Crippen LogP contribution is 2.47. The number of carbonyl (C=O) groups excluding carboxylic acids is 2. The van der Waals surface area contributed by atoms with Gasteiger partial charge in [0.2, 0.25) is 5.91 Å². The van der Waals surface area contributed by atoms with E-state index in [0.717, 1.165) is 16.8 Å². The van der Waals surface area contributed by atoms with E-state index in [2.05, 4.69) is 13.8 Å². The number of hydrogen-bond donors (Lipinski definition) is 0. The molecule has 2 aromatic carbocycles. The summed E-state index contributed by atoms with van der Waals surface area (Å²) < 4.78 is 0. The normalized spacial score (nSPS) is 21.3. The smallest absolute Gasteiger partial charge is 0.232 e. The molecular weight excluding hydrogens is 417 g/mol. The molecule has 0 saturated heterocycles. The van der Waals surface area contributed by atoms with Gasteiger partial charge in [0.25, 0.3) is 0 Å². The zero-order chi connectivity index (χ0) is 21.5. The molecule has 1 amide bonds. The van der Waals surface area contributed by atoms with Crippen molar-refractivity contribution in [3.05, 3.63) is 81.5 Å².